The summed E-state index contributed by atoms with van der Waals surface area (Å²) < 4.78 is 0. The lowest BCUT2D eigenvalue weighted by molar-refractivity contribution is 1.31. The van der Waals surface area contributed by atoms with Crippen LogP contribution in [0.4, 0.5) is 5.69 Å². The number of hydrazone groups is 1. The first-order chi connectivity index (χ1) is 10.2. The SMILES string of the molecule is Cc1cc(Cl)ccc1N/N=C\c1ccnc2ccccc12. The quantitative estimate of drug-likeness (QED) is 0.564. The largest absolute Gasteiger partial charge is 0.278 e. The average Bonchev–Trinajstić information content (AvgIpc) is 2.50. The zero-order chi connectivity index (χ0) is 14.7. The van der Waals surface area contributed by atoms with Crippen LogP contribution in [0.15, 0.2) is 59.8 Å². The van der Waals surface area contributed by atoms with Crippen LogP contribution in [0.3, 0.4) is 0 Å². The molecule has 0 aliphatic carbocycles. The first-order valence-electron chi connectivity index (χ1n) is 6.63. The second kappa shape index (κ2) is 5.94. The van der Waals surface area contributed by atoms with Crippen molar-refractivity contribution in [3.05, 3.63) is 70.9 Å². The number of halogens is 1. The van der Waals surface area contributed by atoms with E-state index in [4.69, 9.17) is 11.6 Å². The standard InChI is InChI=1S/C17H14ClN3/c1-12-10-14(18)6-7-16(12)21-20-11-13-8-9-19-17-5-3-2-4-15(13)17/h2-11,21H,1H3/b20-11-. The lowest BCUT2D eigenvalue weighted by atomic mass is 10.1. The van der Waals surface area contributed by atoms with Gasteiger partial charge in [-0.25, -0.2) is 0 Å². The minimum absolute atomic E-state index is 0.724. The number of nitrogens with one attached hydrogen (secondary N) is 1. The topological polar surface area (TPSA) is 37.3 Å². The summed E-state index contributed by atoms with van der Waals surface area (Å²) in [7, 11) is 0. The Labute approximate surface area is 128 Å². The smallest absolute Gasteiger partial charge is 0.0708 e. The van der Waals surface area contributed by atoms with E-state index in [0.29, 0.717) is 0 Å². The fourth-order valence-electron chi connectivity index (χ4n) is 2.15. The van der Waals surface area contributed by atoms with Crippen LogP contribution in [0.1, 0.15) is 11.1 Å². The molecule has 0 fully saturated rings. The van der Waals surface area contributed by atoms with E-state index in [-0.39, 0.29) is 0 Å². The third kappa shape index (κ3) is 3.03. The van der Waals surface area contributed by atoms with E-state index in [9.17, 15) is 0 Å². The molecular formula is C17H14ClN3. The van der Waals surface area contributed by atoms with Crippen molar-refractivity contribution in [2.24, 2.45) is 5.10 Å². The summed E-state index contributed by atoms with van der Waals surface area (Å²) in [6.45, 7) is 1.99. The van der Waals surface area contributed by atoms with Gasteiger partial charge in [-0.15, -0.1) is 0 Å². The van der Waals surface area contributed by atoms with Gasteiger partial charge in [0, 0.05) is 22.2 Å². The number of hydrogen-bond donors (Lipinski definition) is 1. The van der Waals surface area contributed by atoms with E-state index in [1.165, 1.54) is 0 Å². The molecule has 3 nitrogen and oxygen atoms in total. The number of aromatic nitrogens is 1. The van der Waals surface area contributed by atoms with Crippen molar-refractivity contribution in [1.82, 2.24) is 4.98 Å². The van der Waals surface area contributed by atoms with Gasteiger partial charge in [-0.3, -0.25) is 10.4 Å². The van der Waals surface area contributed by atoms with Crippen LogP contribution in [-0.2, 0) is 0 Å². The summed E-state index contributed by atoms with van der Waals surface area (Å²) in [4.78, 5) is 4.34. The van der Waals surface area contributed by atoms with Crippen molar-refractivity contribution >= 4 is 34.4 Å². The van der Waals surface area contributed by atoms with E-state index >= 15 is 0 Å². The number of nitrogens with zero attached hydrogens (tertiary/aromatic N) is 2. The molecule has 104 valence electrons. The van der Waals surface area contributed by atoms with Gasteiger partial charge in [0.05, 0.1) is 17.4 Å². The zero-order valence-corrected chi connectivity index (χ0v) is 12.3. The Morgan fingerprint density at radius 3 is 2.86 bits per heavy atom. The summed E-state index contributed by atoms with van der Waals surface area (Å²) in [5.41, 5.74) is 7.03. The number of para-hydroxylation sites is 1. The van der Waals surface area contributed by atoms with Gasteiger partial charge >= 0.3 is 0 Å². The highest BCUT2D eigenvalue weighted by molar-refractivity contribution is 6.30. The van der Waals surface area contributed by atoms with Crippen LogP contribution in [0, 0.1) is 6.92 Å². The minimum atomic E-state index is 0.724. The molecule has 1 aromatic heterocycles. The van der Waals surface area contributed by atoms with Gasteiger partial charge in [-0.1, -0.05) is 29.8 Å². The second-order valence-corrected chi connectivity index (χ2v) is 5.18. The number of fused-ring (bicyclic) bond motifs is 1. The Balaban J connectivity index is 1.85. The fourth-order valence-corrected chi connectivity index (χ4v) is 2.38. The van der Waals surface area contributed by atoms with Gasteiger partial charge in [0.1, 0.15) is 0 Å². The molecule has 3 rings (SSSR count). The van der Waals surface area contributed by atoms with Gasteiger partial charge in [-0.2, -0.15) is 5.10 Å². The Morgan fingerprint density at radius 1 is 1.14 bits per heavy atom. The van der Waals surface area contributed by atoms with Crippen LogP contribution < -0.4 is 5.43 Å². The molecule has 21 heavy (non-hydrogen) atoms. The van der Waals surface area contributed by atoms with Crippen molar-refractivity contribution in [3.8, 4) is 0 Å². The van der Waals surface area contributed by atoms with Crippen LogP contribution in [0.2, 0.25) is 5.02 Å². The Hall–Kier alpha value is -2.39. The van der Waals surface area contributed by atoms with Crippen LogP contribution in [0.25, 0.3) is 10.9 Å². The predicted octanol–water partition coefficient (Wildman–Crippen LogP) is 4.64. The van der Waals surface area contributed by atoms with Gasteiger partial charge < -0.3 is 0 Å². The summed E-state index contributed by atoms with van der Waals surface area (Å²) in [5, 5.41) is 6.11. The zero-order valence-electron chi connectivity index (χ0n) is 11.5. The van der Waals surface area contributed by atoms with Crippen molar-refractivity contribution in [2.45, 2.75) is 6.92 Å². The number of pyridine rings is 1. The van der Waals surface area contributed by atoms with E-state index < -0.39 is 0 Å². The van der Waals surface area contributed by atoms with Crippen molar-refractivity contribution in [1.29, 1.82) is 0 Å². The molecule has 2 aromatic carbocycles. The van der Waals surface area contributed by atoms with Crippen molar-refractivity contribution in [2.75, 3.05) is 5.43 Å². The maximum atomic E-state index is 5.94. The molecule has 0 unspecified atom stereocenters. The molecule has 0 saturated heterocycles. The molecule has 0 radical (unpaired) electrons. The number of hydrogen-bond acceptors (Lipinski definition) is 3. The van der Waals surface area contributed by atoms with Gasteiger partial charge in [0.25, 0.3) is 0 Å². The molecule has 0 atom stereocenters. The van der Waals surface area contributed by atoms with Crippen LogP contribution in [0.5, 0.6) is 0 Å². The minimum Gasteiger partial charge on any atom is -0.278 e. The number of rotatable bonds is 3. The second-order valence-electron chi connectivity index (χ2n) is 4.75. The normalized spacial score (nSPS) is 11.1. The van der Waals surface area contributed by atoms with E-state index in [1.54, 1.807) is 12.4 Å². The monoisotopic (exact) mass is 295 g/mol. The maximum absolute atomic E-state index is 5.94. The molecule has 0 aliphatic heterocycles. The molecule has 0 spiro atoms. The van der Waals surface area contributed by atoms with E-state index in [1.807, 2.05) is 55.5 Å². The molecule has 3 aromatic rings. The van der Waals surface area contributed by atoms with E-state index in [2.05, 4.69) is 15.5 Å². The number of anilines is 1. The Kier molecular flexibility index (Phi) is 3.84. The summed E-state index contributed by atoms with van der Waals surface area (Å²) in [6.07, 6.45) is 3.59. The Bertz CT molecular complexity index is 807. The molecule has 0 saturated carbocycles. The van der Waals surface area contributed by atoms with Crippen LogP contribution in [-0.4, -0.2) is 11.2 Å². The fraction of sp³-hybridized carbons (Fsp3) is 0.0588. The number of benzene rings is 2. The maximum Gasteiger partial charge on any atom is 0.0708 e. The first-order valence-corrected chi connectivity index (χ1v) is 7.01. The lowest BCUT2D eigenvalue weighted by Crippen LogP contribution is -1.94. The molecule has 0 aliphatic rings. The molecule has 0 bridgehead atoms. The van der Waals surface area contributed by atoms with Gasteiger partial charge in [0.15, 0.2) is 0 Å². The molecule has 1 N–H and O–H groups in total. The molecule has 1 heterocycles. The van der Waals surface area contributed by atoms with Gasteiger partial charge in [0.2, 0.25) is 0 Å². The highest BCUT2D eigenvalue weighted by Gasteiger charge is 1.99. The number of aryl methyl sites for hydroxylation is 1. The van der Waals surface area contributed by atoms with Crippen LogP contribution >= 0.6 is 11.6 Å². The first kappa shape index (κ1) is 13.6. The lowest BCUT2D eigenvalue weighted by Gasteiger charge is -2.05. The van der Waals surface area contributed by atoms with Gasteiger partial charge in [-0.05, 0) is 42.8 Å². The third-order valence-corrected chi connectivity index (χ3v) is 3.49. The summed E-state index contributed by atoms with van der Waals surface area (Å²) >= 11 is 5.94. The Morgan fingerprint density at radius 2 is 2.00 bits per heavy atom. The summed E-state index contributed by atoms with van der Waals surface area (Å²) in [5.74, 6) is 0. The molecule has 0 amide bonds. The highest BCUT2D eigenvalue weighted by Crippen LogP contribution is 2.19. The summed E-state index contributed by atoms with van der Waals surface area (Å²) in [6, 6.07) is 15.6. The van der Waals surface area contributed by atoms with E-state index in [0.717, 1.165) is 32.7 Å². The predicted molar refractivity (Wildman–Crippen MR) is 89.1 cm³/mol. The van der Waals surface area contributed by atoms with Crippen molar-refractivity contribution < 1.29 is 0 Å². The highest BCUT2D eigenvalue weighted by atomic mass is 35.5. The third-order valence-electron chi connectivity index (χ3n) is 3.26. The molecule has 4 heteroatoms. The molecular weight excluding hydrogens is 282 g/mol. The van der Waals surface area contributed by atoms with Crippen molar-refractivity contribution in [3.63, 3.8) is 0 Å². The average molecular weight is 296 g/mol.